The van der Waals surface area contributed by atoms with E-state index >= 15 is 0 Å². The van der Waals surface area contributed by atoms with Crippen molar-refractivity contribution in [1.82, 2.24) is 5.32 Å². The lowest BCUT2D eigenvalue weighted by atomic mass is 10.1. The smallest absolute Gasteiger partial charge is 0.338 e. The zero-order valence-electron chi connectivity index (χ0n) is 15.1. The molecule has 0 spiro atoms. The zero-order chi connectivity index (χ0) is 19.2. The Bertz CT molecular complexity index is 589. The SMILES string of the molecule is CCOCCOCCCNC(=O)COc1ccc(C(=O)O[13CH3])c(C=O)c1. The molecule has 0 heterocycles. The number of ether oxygens (including phenoxy) is 4. The van der Waals surface area contributed by atoms with Crippen LogP contribution in [0.5, 0.6) is 5.75 Å². The summed E-state index contributed by atoms with van der Waals surface area (Å²) in [5, 5.41) is 2.70. The van der Waals surface area contributed by atoms with Gasteiger partial charge in [0.05, 0.1) is 25.9 Å². The van der Waals surface area contributed by atoms with Crippen LogP contribution in [0.3, 0.4) is 0 Å². The molecule has 0 bridgehead atoms. The lowest BCUT2D eigenvalue weighted by Gasteiger charge is -2.09. The monoisotopic (exact) mass is 368 g/mol. The second-order valence-corrected chi connectivity index (χ2v) is 5.16. The van der Waals surface area contributed by atoms with Gasteiger partial charge in [0.2, 0.25) is 0 Å². The maximum atomic E-state index is 11.7. The molecule has 8 nitrogen and oxygen atoms in total. The first kappa shape index (κ1) is 21.6. The molecule has 1 aromatic rings. The van der Waals surface area contributed by atoms with Crippen LogP contribution in [0.1, 0.15) is 34.1 Å². The molecule has 8 heteroatoms. The fourth-order valence-corrected chi connectivity index (χ4v) is 1.99. The number of benzene rings is 1. The van der Waals surface area contributed by atoms with E-state index in [1.165, 1.54) is 25.3 Å². The van der Waals surface area contributed by atoms with Crippen LogP contribution in [0, 0.1) is 0 Å². The summed E-state index contributed by atoms with van der Waals surface area (Å²) >= 11 is 0. The first-order valence-electron chi connectivity index (χ1n) is 8.34. The lowest BCUT2D eigenvalue weighted by molar-refractivity contribution is -0.123. The molecule has 1 aromatic carbocycles. The van der Waals surface area contributed by atoms with E-state index < -0.39 is 5.97 Å². The number of methoxy groups -OCH3 is 1. The molecule has 0 aromatic heterocycles. The summed E-state index contributed by atoms with van der Waals surface area (Å²) in [6.45, 7) is 4.49. The summed E-state index contributed by atoms with van der Waals surface area (Å²) < 4.78 is 20.4. The second-order valence-electron chi connectivity index (χ2n) is 5.16. The van der Waals surface area contributed by atoms with Gasteiger partial charge in [0.1, 0.15) is 5.75 Å². The second kappa shape index (κ2) is 12.8. The number of esters is 1. The van der Waals surface area contributed by atoms with Gasteiger partial charge in [-0.15, -0.1) is 0 Å². The molecule has 144 valence electrons. The van der Waals surface area contributed by atoms with E-state index in [-0.39, 0.29) is 23.6 Å². The minimum Gasteiger partial charge on any atom is -0.484 e. The molecule has 0 aliphatic heterocycles. The van der Waals surface area contributed by atoms with Gasteiger partial charge in [-0.05, 0) is 31.5 Å². The number of carbonyl (C=O) groups is 3. The molecule has 26 heavy (non-hydrogen) atoms. The van der Waals surface area contributed by atoms with Gasteiger partial charge in [-0.2, -0.15) is 0 Å². The van der Waals surface area contributed by atoms with E-state index in [9.17, 15) is 14.4 Å². The van der Waals surface area contributed by atoms with Gasteiger partial charge in [0.15, 0.2) is 12.9 Å². The van der Waals surface area contributed by atoms with Crippen LogP contribution in [0.4, 0.5) is 0 Å². The summed E-state index contributed by atoms with van der Waals surface area (Å²) in [6, 6.07) is 4.31. The molecule has 0 saturated carbocycles. The van der Waals surface area contributed by atoms with Crippen LogP contribution < -0.4 is 10.1 Å². The summed E-state index contributed by atoms with van der Waals surface area (Å²) in [5.74, 6) is -0.585. The van der Waals surface area contributed by atoms with Crippen molar-refractivity contribution in [2.75, 3.05) is 46.7 Å². The zero-order valence-corrected chi connectivity index (χ0v) is 15.1. The number of nitrogens with one attached hydrogen (secondary N) is 1. The molecule has 0 atom stereocenters. The minimum atomic E-state index is -0.611. The number of hydrogen-bond donors (Lipinski definition) is 1. The van der Waals surface area contributed by atoms with Gasteiger partial charge >= 0.3 is 5.97 Å². The van der Waals surface area contributed by atoms with Gasteiger partial charge < -0.3 is 24.3 Å². The summed E-state index contributed by atoms with van der Waals surface area (Å²) in [7, 11) is 1.23. The quantitative estimate of drug-likeness (QED) is 0.242. The Hall–Kier alpha value is -2.45. The standard InChI is InChI=1S/C18H25NO7/c1-3-24-9-10-25-8-4-7-19-17(21)13-26-15-5-6-16(18(22)23-2)14(11-15)12-20/h5-6,11-12H,3-4,7-10,13H2,1-2H3,(H,19,21)/i2+1. The van der Waals surface area contributed by atoms with E-state index in [0.717, 1.165) is 0 Å². The molecule has 1 rings (SSSR count). The molecule has 0 aliphatic rings. The molecule has 1 amide bonds. The maximum Gasteiger partial charge on any atom is 0.338 e. The third-order valence-electron chi connectivity index (χ3n) is 3.29. The highest BCUT2D eigenvalue weighted by Gasteiger charge is 2.13. The summed E-state index contributed by atoms with van der Waals surface area (Å²) in [6.07, 6.45) is 1.21. The van der Waals surface area contributed by atoms with Gasteiger partial charge in [-0.3, -0.25) is 9.59 Å². The average molecular weight is 368 g/mol. The lowest BCUT2D eigenvalue weighted by Crippen LogP contribution is -2.30. The van der Waals surface area contributed by atoms with E-state index in [1.807, 2.05) is 6.92 Å². The summed E-state index contributed by atoms with van der Waals surface area (Å²) in [5.41, 5.74) is 0.280. The molecule has 0 fully saturated rings. The van der Waals surface area contributed by atoms with Crippen molar-refractivity contribution in [1.29, 1.82) is 0 Å². The normalized spacial score (nSPS) is 10.2. The van der Waals surface area contributed by atoms with Crippen molar-refractivity contribution in [2.45, 2.75) is 13.3 Å². The fraction of sp³-hybridized carbons (Fsp3) is 0.500. The first-order valence-corrected chi connectivity index (χ1v) is 8.34. The fourth-order valence-electron chi connectivity index (χ4n) is 1.99. The van der Waals surface area contributed by atoms with Gasteiger partial charge in [-0.1, -0.05) is 0 Å². The summed E-state index contributed by atoms with van der Waals surface area (Å²) in [4.78, 5) is 34.3. The Morgan fingerprint density at radius 1 is 1.15 bits per heavy atom. The number of rotatable bonds is 13. The third kappa shape index (κ3) is 8.09. The molecule has 0 saturated heterocycles. The Labute approximate surface area is 152 Å². The van der Waals surface area contributed by atoms with E-state index in [4.69, 9.17) is 14.2 Å². The van der Waals surface area contributed by atoms with Gasteiger partial charge in [0.25, 0.3) is 5.91 Å². The van der Waals surface area contributed by atoms with Crippen LogP contribution in [0.2, 0.25) is 0 Å². The first-order chi connectivity index (χ1) is 12.6. The van der Waals surface area contributed by atoms with Crippen LogP contribution in [-0.2, 0) is 19.0 Å². The van der Waals surface area contributed by atoms with Crippen molar-refractivity contribution < 1.29 is 33.3 Å². The predicted octanol–water partition coefficient (Wildman–Crippen LogP) is 1.22. The van der Waals surface area contributed by atoms with Crippen molar-refractivity contribution in [3.8, 4) is 5.75 Å². The molecule has 0 unspecified atom stereocenters. The average Bonchev–Trinajstić information content (AvgIpc) is 2.67. The highest BCUT2D eigenvalue weighted by molar-refractivity contribution is 5.98. The Morgan fingerprint density at radius 3 is 2.62 bits per heavy atom. The van der Waals surface area contributed by atoms with E-state index in [2.05, 4.69) is 10.1 Å². The molecular formula is C18H25NO7. The number of hydrogen-bond acceptors (Lipinski definition) is 7. The van der Waals surface area contributed by atoms with Crippen molar-refractivity contribution in [3.05, 3.63) is 29.3 Å². The van der Waals surface area contributed by atoms with Crippen molar-refractivity contribution in [2.24, 2.45) is 0 Å². The molecule has 0 aliphatic carbocycles. The van der Waals surface area contributed by atoms with E-state index in [0.29, 0.717) is 51.4 Å². The Kier molecular flexibility index (Phi) is 10.7. The number of amides is 1. The Morgan fingerprint density at radius 2 is 1.92 bits per heavy atom. The van der Waals surface area contributed by atoms with Crippen LogP contribution in [0.25, 0.3) is 0 Å². The largest absolute Gasteiger partial charge is 0.484 e. The number of carbonyl (C=O) groups excluding carboxylic acids is 3. The van der Waals surface area contributed by atoms with E-state index in [1.54, 1.807) is 0 Å². The highest BCUT2D eigenvalue weighted by atomic mass is 16.6. The molecule has 0 radical (unpaired) electrons. The minimum absolute atomic E-state index is 0.138. The van der Waals surface area contributed by atoms with Crippen LogP contribution in [-0.4, -0.2) is 64.9 Å². The van der Waals surface area contributed by atoms with Crippen LogP contribution in [0.15, 0.2) is 18.2 Å². The topological polar surface area (TPSA) is 100 Å². The van der Waals surface area contributed by atoms with Gasteiger partial charge in [0, 0.05) is 25.3 Å². The maximum absolute atomic E-state index is 11.7. The van der Waals surface area contributed by atoms with Crippen LogP contribution >= 0.6 is 0 Å². The molecular weight excluding hydrogens is 343 g/mol. The molecule has 1 N–H and O–H groups in total. The third-order valence-corrected chi connectivity index (χ3v) is 3.29. The Balaban J connectivity index is 2.28. The van der Waals surface area contributed by atoms with Crippen molar-refractivity contribution >= 4 is 18.2 Å². The predicted molar refractivity (Wildman–Crippen MR) is 93.6 cm³/mol. The van der Waals surface area contributed by atoms with Gasteiger partial charge in [-0.25, -0.2) is 4.79 Å². The van der Waals surface area contributed by atoms with Crippen molar-refractivity contribution in [3.63, 3.8) is 0 Å². The number of aldehydes is 1. The highest BCUT2D eigenvalue weighted by Crippen LogP contribution is 2.17.